The van der Waals surface area contributed by atoms with Gasteiger partial charge in [-0.1, -0.05) is 72.1 Å². The second-order valence-corrected chi connectivity index (χ2v) is 6.79. The monoisotopic (exact) mass is 268 g/mol. The molecular formula is C18H36O. The molecule has 0 radical (unpaired) electrons. The van der Waals surface area contributed by atoms with E-state index in [0.717, 1.165) is 18.3 Å². The van der Waals surface area contributed by atoms with Crippen molar-refractivity contribution in [1.29, 1.82) is 0 Å². The quantitative estimate of drug-likeness (QED) is 0.580. The summed E-state index contributed by atoms with van der Waals surface area (Å²) in [6, 6.07) is 0. The molecule has 0 bridgehead atoms. The van der Waals surface area contributed by atoms with Crippen molar-refractivity contribution in [3.8, 4) is 0 Å². The summed E-state index contributed by atoms with van der Waals surface area (Å²) in [5, 5.41) is 10.5. The summed E-state index contributed by atoms with van der Waals surface area (Å²) in [5.41, 5.74) is 0. The molecule has 0 saturated heterocycles. The highest BCUT2D eigenvalue weighted by Crippen LogP contribution is 2.35. The van der Waals surface area contributed by atoms with E-state index in [1.54, 1.807) is 0 Å². The normalized spacial score (nSPS) is 27.2. The minimum absolute atomic E-state index is 0.0237. The largest absolute Gasteiger partial charge is 0.393 e. The molecule has 0 aromatic heterocycles. The highest BCUT2D eigenvalue weighted by Gasteiger charge is 2.27. The molecular weight excluding hydrogens is 232 g/mol. The average molecular weight is 268 g/mol. The van der Waals surface area contributed by atoms with E-state index in [9.17, 15) is 5.11 Å². The molecule has 1 fully saturated rings. The molecule has 0 aromatic carbocycles. The molecule has 19 heavy (non-hydrogen) atoms. The van der Waals surface area contributed by atoms with E-state index < -0.39 is 0 Å². The van der Waals surface area contributed by atoms with Crippen LogP contribution in [0.1, 0.15) is 91.4 Å². The fourth-order valence-electron chi connectivity index (χ4n) is 3.79. The maximum Gasteiger partial charge on any atom is 0.0571 e. The minimum Gasteiger partial charge on any atom is -0.393 e. The van der Waals surface area contributed by atoms with Crippen molar-refractivity contribution in [3.63, 3.8) is 0 Å². The number of unbranched alkanes of at least 4 members (excludes halogenated alkanes) is 1. The third kappa shape index (κ3) is 6.29. The van der Waals surface area contributed by atoms with Gasteiger partial charge in [0.15, 0.2) is 0 Å². The number of rotatable bonds is 9. The lowest BCUT2D eigenvalue weighted by Crippen LogP contribution is -2.27. The molecule has 0 amide bonds. The van der Waals surface area contributed by atoms with Crippen LogP contribution in [0.5, 0.6) is 0 Å². The molecule has 0 aromatic rings. The second-order valence-electron chi connectivity index (χ2n) is 6.79. The van der Waals surface area contributed by atoms with Crippen LogP contribution in [0.4, 0.5) is 0 Å². The Morgan fingerprint density at radius 3 is 2.21 bits per heavy atom. The summed E-state index contributed by atoms with van der Waals surface area (Å²) < 4.78 is 0. The third-order valence-electron chi connectivity index (χ3n) is 5.25. The standard InChI is InChI=1S/C18H36O/c1-4-7-9-15(6-3)14-18(19)17-12-10-16(8-5-2)11-13-17/h15-19H,4-14H2,1-3H3. The predicted octanol–water partition coefficient (Wildman–Crippen LogP) is 5.56. The molecule has 1 rings (SSSR count). The van der Waals surface area contributed by atoms with Gasteiger partial charge in [-0.2, -0.15) is 0 Å². The molecule has 2 atom stereocenters. The van der Waals surface area contributed by atoms with Crippen molar-refractivity contribution in [2.45, 2.75) is 97.5 Å². The molecule has 1 heteroatoms. The van der Waals surface area contributed by atoms with Gasteiger partial charge in [0.25, 0.3) is 0 Å². The van der Waals surface area contributed by atoms with Crippen molar-refractivity contribution in [2.24, 2.45) is 17.8 Å². The van der Waals surface area contributed by atoms with Gasteiger partial charge in [-0.25, -0.2) is 0 Å². The van der Waals surface area contributed by atoms with Crippen molar-refractivity contribution >= 4 is 0 Å². The fourth-order valence-corrected chi connectivity index (χ4v) is 3.79. The van der Waals surface area contributed by atoms with E-state index >= 15 is 0 Å². The minimum atomic E-state index is -0.0237. The summed E-state index contributed by atoms with van der Waals surface area (Å²) in [6.07, 6.45) is 14.2. The Morgan fingerprint density at radius 1 is 1.00 bits per heavy atom. The lowest BCUT2D eigenvalue weighted by atomic mass is 9.75. The lowest BCUT2D eigenvalue weighted by molar-refractivity contribution is 0.0502. The smallest absolute Gasteiger partial charge is 0.0571 e. The molecule has 1 aliphatic carbocycles. The molecule has 114 valence electrons. The van der Waals surface area contributed by atoms with Crippen molar-refractivity contribution < 1.29 is 5.11 Å². The topological polar surface area (TPSA) is 20.2 Å². The van der Waals surface area contributed by atoms with Gasteiger partial charge in [0.05, 0.1) is 6.10 Å². The van der Waals surface area contributed by atoms with Crippen LogP contribution in [-0.4, -0.2) is 11.2 Å². The van der Waals surface area contributed by atoms with E-state index in [1.807, 2.05) is 0 Å². The van der Waals surface area contributed by atoms with Crippen molar-refractivity contribution in [1.82, 2.24) is 0 Å². The van der Waals surface area contributed by atoms with Gasteiger partial charge < -0.3 is 5.11 Å². The molecule has 0 aliphatic heterocycles. The van der Waals surface area contributed by atoms with Crippen LogP contribution < -0.4 is 0 Å². The number of hydrogen-bond acceptors (Lipinski definition) is 1. The van der Waals surface area contributed by atoms with E-state index in [2.05, 4.69) is 20.8 Å². The first-order valence-electron chi connectivity index (χ1n) is 8.89. The zero-order valence-corrected chi connectivity index (χ0v) is 13.5. The van der Waals surface area contributed by atoms with Gasteiger partial charge in [0.1, 0.15) is 0 Å². The number of aliphatic hydroxyl groups excluding tert-OH is 1. The Hall–Kier alpha value is -0.0400. The second kappa shape index (κ2) is 9.80. The summed E-state index contributed by atoms with van der Waals surface area (Å²) >= 11 is 0. The van der Waals surface area contributed by atoms with Crippen LogP contribution in [0.15, 0.2) is 0 Å². The fraction of sp³-hybridized carbons (Fsp3) is 1.00. The highest BCUT2D eigenvalue weighted by atomic mass is 16.3. The van der Waals surface area contributed by atoms with E-state index in [-0.39, 0.29) is 6.10 Å². The van der Waals surface area contributed by atoms with E-state index in [0.29, 0.717) is 5.92 Å². The highest BCUT2D eigenvalue weighted by molar-refractivity contribution is 4.79. The molecule has 2 unspecified atom stereocenters. The Labute approximate surface area is 121 Å². The van der Waals surface area contributed by atoms with Crippen LogP contribution in [0, 0.1) is 17.8 Å². The molecule has 1 aliphatic rings. The Morgan fingerprint density at radius 2 is 1.68 bits per heavy atom. The van der Waals surface area contributed by atoms with Crippen LogP contribution in [0.25, 0.3) is 0 Å². The molecule has 0 heterocycles. The Balaban J connectivity index is 2.27. The first kappa shape index (κ1) is 17.0. The number of aliphatic hydroxyl groups is 1. The Kier molecular flexibility index (Phi) is 8.77. The summed E-state index contributed by atoms with van der Waals surface area (Å²) in [6.45, 7) is 6.84. The van der Waals surface area contributed by atoms with Crippen LogP contribution in [0.3, 0.4) is 0 Å². The summed E-state index contributed by atoms with van der Waals surface area (Å²) in [5.74, 6) is 2.31. The summed E-state index contributed by atoms with van der Waals surface area (Å²) in [7, 11) is 0. The van der Waals surface area contributed by atoms with E-state index in [4.69, 9.17) is 0 Å². The third-order valence-corrected chi connectivity index (χ3v) is 5.25. The van der Waals surface area contributed by atoms with Crippen molar-refractivity contribution in [3.05, 3.63) is 0 Å². The zero-order valence-electron chi connectivity index (χ0n) is 13.5. The summed E-state index contributed by atoms with van der Waals surface area (Å²) in [4.78, 5) is 0. The number of hydrogen-bond donors (Lipinski definition) is 1. The van der Waals surface area contributed by atoms with E-state index in [1.165, 1.54) is 64.2 Å². The van der Waals surface area contributed by atoms with Crippen molar-refractivity contribution in [2.75, 3.05) is 0 Å². The SMILES string of the molecule is CCCCC(CC)CC(O)C1CCC(CCC)CC1. The maximum atomic E-state index is 10.5. The molecule has 1 nitrogen and oxygen atoms in total. The zero-order chi connectivity index (χ0) is 14.1. The van der Waals surface area contributed by atoms with Gasteiger partial charge >= 0.3 is 0 Å². The van der Waals surface area contributed by atoms with Gasteiger partial charge in [-0.15, -0.1) is 0 Å². The van der Waals surface area contributed by atoms with Gasteiger partial charge in [0, 0.05) is 0 Å². The molecule has 1 N–H and O–H groups in total. The molecule has 0 spiro atoms. The van der Waals surface area contributed by atoms with Crippen LogP contribution in [0.2, 0.25) is 0 Å². The first-order valence-corrected chi connectivity index (χ1v) is 8.89. The lowest BCUT2D eigenvalue weighted by Gasteiger charge is -2.33. The predicted molar refractivity (Wildman–Crippen MR) is 84.3 cm³/mol. The van der Waals surface area contributed by atoms with Gasteiger partial charge in [0.2, 0.25) is 0 Å². The van der Waals surface area contributed by atoms with Gasteiger partial charge in [-0.05, 0) is 37.0 Å². The Bertz CT molecular complexity index is 206. The van der Waals surface area contributed by atoms with Crippen LogP contribution >= 0.6 is 0 Å². The van der Waals surface area contributed by atoms with Crippen LogP contribution in [-0.2, 0) is 0 Å². The maximum absolute atomic E-state index is 10.5. The average Bonchev–Trinajstić information content (AvgIpc) is 2.44. The molecule has 1 saturated carbocycles. The van der Waals surface area contributed by atoms with Gasteiger partial charge in [-0.3, -0.25) is 0 Å². The first-order chi connectivity index (χ1) is 9.21.